The van der Waals surface area contributed by atoms with Gasteiger partial charge in [0.05, 0.1) is 13.2 Å². The first-order chi connectivity index (χ1) is 6.86. The molecule has 0 radical (unpaired) electrons. The molecule has 0 aliphatic rings. The Morgan fingerprint density at radius 2 is 2.29 bits per heavy atom. The largest absolute Gasteiger partial charge is 0.491 e. The van der Waals surface area contributed by atoms with E-state index in [0.717, 1.165) is 5.56 Å². The van der Waals surface area contributed by atoms with E-state index in [0.29, 0.717) is 18.9 Å². The van der Waals surface area contributed by atoms with Crippen molar-refractivity contribution in [3.63, 3.8) is 0 Å². The predicted molar refractivity (Wildman–Crippen MR) is 55.0 cm³/mol. The van der Waals surface area contributed by atoms with Crippen molar-refractivity contribution in [2.75, 3.05) is 19.8 Å². The zero-order chi connectivity index (χ0) is 10.2. The molecule has 3 heteroatoms. The van der Waals surface area contributed by atoms with Gasteiger partial charge < -0.3 is 15.6 Å². The lowest BCUT2D eigenvalue weighted by atomic mass is 10.2. The van der Waals surface area contributed by atoms with Crippen LogP contribution in [0, 0.1) is 11.8 Å². The van der Waals surface area contributed by atoms with Gasteiger partial charge in [0.25, 0.3) is 0 Å². The van der Waals surface area contributed by atoms with Crippen molar-refractivity contribution in [2.24, 2.45) is 5.73 Å². The molecule has 0 aliphatic heterocycles. The van der Waals surface area contributed by atoms with Crippen LogP contribution in [-0.2, 0) is 0 Å². The third kappa shape index (κ3) is 3.48. The third-order valence-electron chi connectivity index (χ3n) is 1.53. The molecule has 0 amide bonds. The van der Waals surface area contributed by atoms with Crippen LogP contribution in [0.2, 0.25) is 0 Å². The number of hydrogen-bond donors (Lipinski definition) is 2. The molecule has 3 nitrogen and oxygen atoms in total. The van der Waals surface area contributed by atoms with Crippen LogP contribution in [0.1, 0.15) is 5.56 Å². The molecule has 1 rings (SSSR count). The van der Waals surface area contributed by atoms with Gasteiger partial charge in [0.2, 0.25) is 0 Å². The van der Waals surface area contributed by atoms with E-state index < -0.39 is 0 Å². The van der Waals surface area contributed by atoms with E-state index in [-0.39, 0.29) is 6.61 Å². The molecule has 0 spiro atoms. The smallest absolute Gasteiger partial charge is 0.120 e. The van der Waals surface area contributed by atoms with Gasteiger partial charge in [-0.2, -0.15) is 0 Å². The van der Waals surface area contributed by atoms with E-state index in [1.165, 1.54) is 0 Å². The second kappa shape index (κ2) is 6.03. The molecule has 1 aromatic carbocycles. The molecule has 0 aliphatic carbocycles. The normalized spacial score (nSPS) is 9.00. The summed E-state index contributed by atoms with van der Waals surface area (Å²) in [4.78, 5) is 0. The molecule has 0 unspecified atom stereocenters. The zero-order valence-electron chi connectivity index (χ0n) is 7.86. The maximum Gasteiger partial charge on any atom is 0.120 e. The summed E-state index contributed by atoms with van der Waals surface area (Å²) in [6.07, 6.45) is 0. The highest BCUT2D eigenvalue weighted by Gasteiger charge is 1.93. The van der Waals surface area contributed by atoms with Crippen molar-refractivity contribution in [2.45, 2.75) is 0 Å². The maximum absolute atomic E-state index is 8.57. The van der Waals surface area contributed by atoms with Gasteiger partial charge in [0.1, 0.15) is 12.4 Å². The molecule has 0 saturated carbocycles. The Bertz CT molecular complexity index is 339. The Hall–Kier alpha value is -1.50. The average molecular weight is 191 g/mol. The van der Waals surface area contributed by atoms with E-state index >= 15 is 0 Å². The fourth-order valence-corrected chi connectivity index (χ4v) is 0.980. The van der Waals surface area contributed by atoms with Crippen LogP contribution < -0.4 is 10.5 Å². The Morgan fingerprint density at radius 1 is 1.43 bits per heavy atom. The lowest BCUT2D eigenvalue weighted by molar-refractivity contribution is 0.201. The van der Waals surface area contributed by atoms with Crippen molar-refractivity contribution < 1.29 is 9.84 Å². The summed E-state index contributed by atoms with van der Waals surface area (Å²) in [7, 11) is 0. The molecule has 3 N–H and O–H groups in total. The Labute approximate surface area is 83.5 Å². The SMILES string of the molecule is NCC#Cc1cccc(OCCO)c1. The first-order valence-corrected chi connectivity index (χ1v) is 4.39. The monoisotopic (exact) mass is 191 g/mol. The van der Waals surface area contributed by atoms with Gasteiger partial charge in [-0.1, -0.05) is 17.9 Å². The molecule has 0 fully saturated rings. The highest BCUT2D eigenvalue weighted by molar-refractivity contribution is 5.39. The van der Waals surface area contributed by atoms with E-state index in [1.807, 2.05) is 24.3 Å². The third-order valence-corrected chi connectivity index (χ3v) is 1.53. The molecule has 0 heterocycles. The summed E-state index contributed by atoms with van der Waals surface area (Å²) in [6.45, 7) is 0.661. The molecule has 14 heavy (non-hydrogen) atoms. The first kappa shape index (κ1) is 10.6. The van der Waals surface area contributed by atoms with Crippen LogP contribution in [0.4, 0.5) is 0 Å². The minimum absolute atomic E-state index is 0.0126. The quantitative estimate of drug-likeness (QED) is 0.679. The predicted octanol–water partition coefficient (Wildman–Crippen LogP) is 0.368. The van der Waals surface area contributed by atoms with E-state index in [1.54, 1.807) is 0 Å². The molecule has 0 atom stereocenters. The number of hydrogen-bond acceptors (Lipinski definition) is 3. The fourth-order valence-electron chi connectivity index (χ4n) is 0.980. The van der Waals surface area contributed by atoms with Gasteiger partial charge in [-0.15, -0.1) is 0 Å². The second-order valence-electron chi connectivity index (χ2n) is 2.61. The van der Waals surface area contributed by atoms with Gasteiger partial charge in [-0.3, -0.25) is 0 Å². The summed E-state index contributed by atoms with van der Waals surface area (Å²) >= 11 is 0. The van der Waals surface area contributed by atoms with Crippen molar-refractivity contribution in [1.82, 2.24) is 0 Å². The number of aliphatic hydroxyl groups excluding tert-OH is 1. The fraction of sp³-hybridized carbons (Fsp3) is 0.273. The zero-order valence-corrected chi connectivity index (χ0v) is 7.86. The van der Waals surface area contributed by atoms with Gasteiger partial charge in [-0.05, 0) is 18.2 Å². The van der Waals surface area contributed by atoms with Crippen LogP contribution in [0.3, 0.4) is 0 Å². The van der Waals surface area contributed by atoms with Crippen LogP contribution >= 0.6 is 0 Å². The van der Waals surface area contributed by atoms with Gasteiger partial charge in [0.15, 0.2) is 0 Å². The summed E-state index contributed by atoms with van der Waals surface area (Å²) in [5.74, 6) is 6.38. The van der Waals surface area contributed by atoms with E-state index in [2.05, 4.69) is 11.8 Å². The Balaban J connectivity index is 2.68. The molecular formula is C11H13NO2. The van der Waals surface area contributed by atoms with Crippen LogP contribution in [0.15, 0.2) is 24.3 Å². The molecule has 0 bridgehead atoms. The van der Waals surface area contributed by atoms with Crippen molar-refractivity contribution >= 4 is 0 Å². The number of aliphatic hydroxyl groups is 1. The number of rotatable bonds is 3. The highest BCUT2D eigenvalue weighted by atomic mass is 16.5. The minimum Gasteiger partial charge on any atom is -0.491 e. The average Bonchev–Trinajstić information content (AvgIpc) is 2.24. The number of benzene rings is 1. The van der Waals surface area contributed by atoms with Crippen LogP contribution in [-0.4, -0.2) is 24.9 Å². The second-order valence-corrected chi connectivity index (χ2v) is 2.61. The van der Waals surface area contributed by atoms with Crippen LogP contribution in [0.5, 0.6) is 5.75 Å². The molecule has 0 aromatic heterocycles. The Morgan fingerprint density at radius 3 is 3.00 bits per heavy atom. The van der Waals surface area contributed by atoms with Crippen molar-refractivity contribution in [3.8, 4) is 17.6 Å². The molecular weight excluding hydrogens is 178 g/mol. The highest BCUT2D eigenvalue weighted by Crippen LogP contribution is 2.11. The summed E-state index contributed by atoms with van der Waals surface area (Å²) < 4.78 is 5.23. The summed E-state index contributed by atoms with van der Waals surface area (Å²) in [5, 5.41) is 8.57. The van der Waals surface area contributed by atoms with E-state index in [9.17, 15) is 0 Å². The minimum atomic E-state index is 0.0126. The first-order valence-electron chi connectivity index (χ1n) is 4.39. The van der Waals surface area contributed by atoms with Gasteiger partial charge >= 0.3 is 0 Å². The van der Waals surface area contributed by atoms with E-state index in [4.69, 9.17) is 15.6 Å². The Kier molecular flexibility index (Phi) is 4.56. The maximum atomic E-state index is 8.57. The van der Waals surface area contributed by atoms with Gasteiger partial charge in [0, 0.05) is 5.56 Å². The molecule has 1 aromatic rings. The number of ether oxygens (including phenoxy) is 1. The molecule has 0 saturated heterocycles. The topological polar surface area (TPSA) is 55.5 Å². The van der Waals surface area contributed by atoms with Crippen LogP contribution in [0.25, 0.3) is 0 Å². The van der Waals surface area contributed by atoms with Crippen molar-refractivity contribution in [1.29, 1.82) is 0 Å². The molecule has 74 valence electrons. The summed E-state index contributed by atoms with van der Waals surface area (Å²) in [5.41, 5.74) is 6.12. The van der Waals surface area contributed by atoms with Gasteiger partial charge in [-0.25, -0.2) is 0 Å². The number of nitrogens with two attached hydrogens (primary N) is 1. The standard InChI is InChI=1S/C11H13NO2/c12-6-2-4-10-3-1-5-11(9-10)14-8-7-13/h1,3,5,9,13H,6-8,12H2. The lowest BCUT2D eigenvalue weighted by Crippen LogP contribution is -2.01. The summed E-state index contributed by atoms with van der Waals surface area (Å²) in [6, 6.07) is 7.38. The lowest BCUT2D eigenvalue weighted by Gasteiger charge is -2.03. The van der Waals surface area contributed by atoms with Crippen molar-refractivity contribution in [3.05, 3.63) is 29.8 Å².